The second-order valence-electron chi connectivity index (χ2n) is 5.71. The zero-order valence-corrected chi connectivity index (χ0v) is 11.1. The normalized spacial score (nSPS) is 16.4. The van der Waals surface area contributed by atoms with Crippen LogP contribution < -0.4 is 5.73 Å². The van der Waals surface area contributed by atoms with E-state index in [2.05, 4.69) is 41.1 Å². The monoisotopic (exact) mass is 253 g/mol. The molecule has 1 aliphatic rings. The van der Waals surface area contributed by atoms with E-state index in [0.29, 0.717) is 13.0 Å². The van der Waals surface area contributed by atoms with Crippen molar-refractivity contribution in [3.63, 3.8) is 0 Å². The maximum Gasteiger partial charge on any atom is 0.0628 e. The first kappa shape index (κ1) is 12.3. The predicted molar refractivity (Wildman–Crippen MR) is 76.6 cm³/mol. The SMILES string of the molecule is N#CCC1(Cn2ccc3cc(CCN)ccc32)CC1. The average molecular weight is 253 g/mol. The van der Waals surface area contributed by atoms with Crippen molar-refractivity contribution in [1.82, 2.24) is 4.57 Å². The van der Waals surface area contributed by atoms with E-state index in [1.54, 1.807) is 0 Å². The van der Waals surface area contributed by atoms with Crippen molar-refractivity contribution in [2.24, 2.45) is 11.1 Å². The van der Waals surface area contributed by atoms with Crippen LogP contribution in [0.1, 0.15) is 24.8 Å². The minimum atomic E-state index is 0.247. The first-order chi connectivity index (χ1) is 9.26. The van der Waals surface area contributed by atoms with Gasteiger partial charge in [-0.05, 0) is 55.0 Å². The highest BCUT2D eigenvalue weighted by Crippen LogP contribution is 2.50. The summed E-state index contributed by atoms with van der Waals surface area (Å²) < 4.78 is 2.30. The Kier molecular flexibility index (Phi) is 3.04. The highest BCUT2D eigenvalue weighted by Gasteiger charge is 2.42. The fraction of sp³-hybridized carbons (Fsp3) is 0.438. The summed E-state index contributed by atoms with van der Waals surface area (Å²) in [5.41, 5.74) is 8.41. The summed E-state index contributed by atoms with van der Waals surface area (Å²) >= 11 is 0. The fourth-order valence-electron chi connectivity index (χ4n) is 2.81. The molecule has 98 valence electrons. The molecule has 3 nitrogen and oxygen atoms in total. The van der Waals surface area contributed by atoms with Crippen molar-refractivity contribution >= 4 is 10.9 Å². The predicted octanol–water partition coefficient (Wildman–Crippen LogP) is 2.84. The van der Waals surface area contributed by atoms with E-state index in [0.717, 1.165) is 13.0 Å². The summed E-state index contributed by atoms with van der Waals surface area (Å²) in [6.07, 6.45) is 6.13. The van der Waals surface area contributed by atoms with Crippen LogP contribution >= 0.6 is 0 Å². The number of hydrogen-bond donors (Lipinski definition) is 1. The van der Waals surface area contributed by atoms with E-state index in [9.17, 15) is 0 Å². The lowest BCUT2D eigenvalue weighted by Gasteiger charge is -2.13. The van der Waals surface area contributed by atoms with Gasteiger partial charge in [0.2, 0.25) is 0 Å². The lowest BCUT2D eigenvalue weighted by Crippen LogP contribution is -2.10. The Morgan fingerprint density at radius 1 is 1.32 bits per heavy atom. The lowest BCUT2D eigenvalue weighted by atomic mass is 10.0. The van der Waals surface area contributed by atoms with E-state index in [1.165, 1.54) is 29.3 Å². The van der Waals surface area contributed by atoms with E-state index >= 15 is 0 Å². The Bertz CT molecular complexity index is 629. The van der Waals surface area contributed by atoms with Crippen LogP contribution in [0.15, 0.2) is 30.5 Å². The van der Waals surface area contributed by atoms with Gasteiger partial charge < -0.3 is 10.3 Å². The van der Waals surface area contributed by atoms with Gasteiger partial charge in [-0.2, -0.15) is 5.26 Å². The van der Waals surface area contributed by atoms with Crippen molar-refractivity contribution in [3.8, 4) is 6.07 Å². The molecule has 0 bridgehead atoms. The van der Waals surface area contributed by atoms with Crippen molar-refractivity contribution in [3.05, 3.63) is 36.0 Å². The molecule has 1 aliphatic carbocycles. The van der Waals surface area contributed by atoms with Crippen LogP contribution in [0.4, 0.5) is 0 Å². The second kappa shape index (κ2) is 4.71. The zero-order valence-electron chi connectivity index (χ0n) is 11.1. The Morgan fingerprint density at radius 2 is 2.16 bits per heavy atom. The van der Waals surface area contributed by atoms with Gasteiger partial charge in [0, 0.05) is 30.1 Å². The Balaban J connectivity index is 1.87. The lowest BCUT2D eigenvalue weighted by molar-refractivity contribution is 0.440. The third-order valence-corrected chi connectivity index (χ3v) is 4.19. The van der Waals surface area contributed by atoms with Gasteiger partial charge in [-0.3, -0.25) is 0 Å². The molecule has 0 spiro atoms. The molecule has 1 aromatic carbocycles. The number of benzene rings is 1. The van der Waals surface area contributed by atoms with Gasteiger partial charge in [-0.1, -0.05) is 6.07 Å². The Morgan fingerprint density at radius 3 is 2.84 bits per heavy atom. The van der Waals surface area contributed by atoms with Crippen molar-refractivity contribution < 1.29 is 0 Å². The van der Waals surface area contributed by atoms with E-state index in [-0.39, 0.29) is 5.41 Å². The van der Waals surface area contributed by atoms with Crippen LogP contribution in [-0.2, 0) is 13.0 Å². The maximum absolute atomic E-state index is 8.91. The van der Waals surface area contributed by atoms with Crippen LogP contribution in [-0.4, -0.2) is 11.1 Å². The molecule has 0 atom stereocenters. The maximum atomic E-state index is 8.91. The van der Waals surface area contributed by atoms with Crippen molar-refractivity contribution in [2.75, 3.05) is 6.54 Å². The van der Waals surface area contributed by atoms with Gasteiger partial charge in [0.15, 0.2) is 0 Å². The molecule has 0 unspecified atom stereocenters. The number of nitriles is 1. The van der Waals surface area contributed by atoms with Crippen molar-refractivity contribution in [2.45, 2.75) is 32.2 Å². The van der Waals surface area contributed by atoms with Crippen molar-refractivity contribution in [1.29, 1.82) is 5.26 Å². The summed E-state index contributed by atoms with van der Waals surface area (Å²) in [4.78, 5) is 0. The van der Waals surface area contributed by atoms with Crippen LogP contribution in [0.5, 0.6) is 0 Å². The fourth-order valence-corrected chi connectivity index (χ4v) is 2.81. The van der Waals surface area contributed by atoms with Gasteiger partial charge >= 0.3 is 0 Å². The molecule has 0 radical (unpaired) electrons. The van der Waals surface area contributed by atoms with E-state index in [1.807, 2.05) is 0 Å². The summed E-state index contributed by atoms with van der Waals surface area (Å²) in [6, 6.07) is 11.1. The van der Waals surface area contributed by atoms with Gasteiger partial charge in [0.1, 0.15) is 0 Å². The molecule has 19 heavy (non-hydrogen) atoms. The molecule has 2 N–H and O–H groups in total. The third-order valence-electron chi connectivity index (χ3n) is 4.19. The molecular formula is C16H19N3. The largest absolute Gasteiger partial charge is 0.347 e. The summed E-state index contributed by atoms with van der Waals surface area (Å²) in [5, 5.41) is 10.2. The summed E-state index contributed by atoms with van der Waals surface area (Å²) in [6.45, 7) is 1.66. The number of fused-ring (bicyclic) bond motifs is 1. The van der Waals surface area contributed by atoms with E-state index < -0.39 is 0 Å². The van der Waals surface area contributed by atoms with Gasteiger partial charge in [0.25, 0.3) is 0 Å². The van der Waals surface area contributed by atoms with Crippen LogP contribution in [0, 0.1) is 16.7 Å². The first-order valence-corrected chi connectivity index (χ1v) is 6.91. The van der Waals surface area contributed by atoms with Gasteiger partial charge in [-0.25, -0.2) is 0 Å². The average Bonchev–Trinajstić information content (AvgIpc) is 3.04. The Labute approximate surface area is 113 Å². The van der Waals surface area contributed by atoms with Gasteiger partial charge in [-0.15, -0.1) is 0 Å². The number of aromatic nitrogens is 1. The molecular weight excluding hydrogens is 234 g/mol. The standard InChI is InChI=1S/C16H19N3/c17-8-3-13-1-2-15-14(11-13)4-10-19(15)12-16(5-6-16)7-9-18/h1-2,4,10-11H,3,5-8,12,17H2. The topological polar surface area (TPSA) is 54.7 Å². The van der Waals surface area contributed by atoms with E-state index in [4.69, 9.17) is 11.0 Å². The van der Waals surface area contributed by atoms with Gasteiger partial charge in [0.05, 0.1) is 6.07 Å². The minimum absolute atomic E-state index is 0.247. The molecule has 0 aliphatic heterocycles. The molecule has 2 aromatic rings. The highest BCUT2D eigenvalue weighted by molar-refractivity contribution is 5.80. The molecule has 1 saturated carbocycles. The molecule has 0 saturated heterocycles. The number of nitrogens with zero attached hydrogens (tertiary/aromatic N) is 2. The zero-order chi connectivity index (χ0) is 13.3. The van der Waals surface area contributed by atoms with Crippen LogP contribution in [0.25, 0.3) is 10.9 Å². The molecule has 1 aromatic heterocycles. The van der Waals surface area contributed by atoms with Crippen LogP contribution in [0.3, 0.4) is 0 Å². The molecule has 3 rings (SSSR count). The number of rotatable bonds is 5. The molecule has 1 heterocycles. The second-order valence-corrected chi connectivity index (χ2v) is 5.71. The third kappa shape index (κ3) is 2.36. The quantitative estimate of drug-likeness (QED) is 0.890. The van der Waals surface area contributed by atoms with Crippen LogP contribution in [0.2, 0.25) is 0 Å². The smallest absolute Gasteiger partial charge is 0.0628 e. The number of hydrogen-bond acceptors (Lipinski definition) is 2. The Hall–Kier alpha value is -1.79. The molecule has 3 heteroatoms. The first-order valence-electron chi connectivity index (χ1n) is 6.91. The highest BCUT2D eigenvalue weighted by atomic mass is 15.0. The number of nitrogens with two attached hydrogens (primary N) is 1. The summed E-state index contributed by atoms with van der Waals surface area (Å²) in [7, 11) is 0. The molecule has 0 amide bonds. The molecule has 1 fully saturated rings. The minimum Gasteiger partial charge on any atom is -0.347 e. The summed E-state index contributed by atoms with van der Waals surface area (Å²) in [5.74, 6) is 0.